The maximum absolute atomic E-state index is 11.4. The Morgan fingerprint density at radius 2 is 2.17 bits per heavy atom. The Morgan fingerprint density at radius 3 is 2.42 bits per heavy atom. The molecule has 0 aliphatic heterocycles. The van der Waals surface area contributed by atoms with E-state index in [1.54, 1.807) is 6.92 Å². The van der Waals surface area contributed by atoms with E-state index in [4.69, 9.17) is 0 Å². The van der Waals surface area contributed by atoms with Crippen molar-refractivity contribution in [3.63, 3.8) is 0 Å². The summed E-state index contributed by atoms with van der Waals surface area (Å²) in [5.41, 5.74) is -0.842. The van der Waals surface area contributed by atoms with Crippen LogP contribution in [-0.2, 0) is 4.79 Å². The van der Waals surface area contributed by atoms with E-state index in [-0.39, 0.29) is 17.1 Å². The normalized spacial score (nSPS) is 51.4. The van der Waals surface area contributed by atoms with Crippen molar-refractivity contribution >= 4 is 5.78 Å². The number of ketones is 1. The minimum absolute atomic E-state index is 0.0486. The molecule has 0 aromatic heterocycles. The highest BCUT2D eigenvalue weighted by Gasteiger charge is 2.71. The van der Waals surface area contributed by atoms with Crippen molar-refractivity contribution in [2.24, 2.45) is 17.3 Å². The zero-order valence-corrected chi connectivity index (χ0v) is 7.92. The van der Waals surface area contributed by atoms with E-state index in [2.05, 4.69) is 13.8 Å². The maximum atomic E-state index is 11.4. The number of hydrogen-bond donors (Lipinski definition) is 1. The Labute approximate surface area is 73.0 Å². The predicted molar refractivity (Wildman–Crippen MR) is 45.6 cm³/mol. The standard InChI is InChI=1S/C10H16O2/c1-6(2)10-4-7(10)9(3,12)8(11)5-10/h6-7,12H,4-5H2,1-3H3/t7?,9-,10-/m0/s1. The van der Waals surface area contributed by atoms with Crippen LogP contribution in [-0.4, -0.2) is 16.5 Å². The SMILES string of the molecule is CC(C)[C@]12CC(=O)[C@@](C)(O)C1C2. The van der Waals surface area contributed by atoms with Gasteiger partial charge < -0.3 is 5.11 Å². The highest BCUT2D eigenvalue weighted by molar-refractivity contribution is 5.92. The minimum atomic E-state index is -1.01. The number of carbonyl (C=O) groups excluding carboxylic acids is 1. The molecule has 0 radical (unpaired) electrons. The fourth-order valence-corrected chi connectivity index (χ4v) is 2.79. The van der Waals surface area contributed by atoms with E-state index in [0.29, 0.717) is 12.3 Å². The molecular formula is C10H16O2. The lowest BCUT2D eigenvalue weighted by atomic mass is 9.90. The van der Waals surface area contributed by atoms with E-state index in [1.165, 1.54) is 0 Å². The van der Waals surface area contributed by atoms with Gasteiger partial charge in [-0.3, -0.25) is 4.79 Å². The Bertz CT molecular complexity index is 242. The Morgan fingerprint density at radius 1 is 1.58 bits per heavy atom. The summed E-state index contributed by atoms with van der Waals surface area (Å²) in [5.74, 6) is 0.824. The second kappa shape index (κ2) is 1.92. The Kier molecular flexibility index (Phi) is 1.32. The number of rotatable bonds is 1. The molecule has 0 aromatic carbocycles. The zero-order valence-electron chi connectivity index (χ0n) is 7.92. The number of fused-ring (bicyclic) bond motifs is 1. The van der Waals surface area contributed by atoms with Crippen molar-refractivity contribution in [2.45, 2.75) is 39.2 Å². The first-order valence-corrected chi connectivity index (χ1v) is 4.67. The summed E-state index contributed by atoms with van der Waals surface area (Å²) in [6.45, 7) is 5.97. The van der Waals surface area contributed by atoms with Gasteiger partial charge in [-0.25, -0.2) is 0 Å². The molecule has 2 saturated carbocycles. The molecule has 1 unspecified atom stereocenters. The predicted octanol–water partition coefficient (Wildman–Crippen LogP) is 1.37. The summed E-state index contributed by atoms with van der Waals surface area (Å²) in [5, 5.41) is 9.84. The van der Waals surface area contributed by atoms with Crippen molar-refractivity contribution in [1.29, 1.82) is 0 Å². The fraction of sp³-hybridized carbons (Fsp3) is 0.900. The van der Waals surface area contributed by atoms with Gasteiger partial charge in [0, 0.05) is 12.3 Å². The number of Topliss-reactive ketones (excluding diaryl/α,β-unsaturated/α-hetero) is 1. The smallest absolute Gasteiger partial charge is 0.164 e. The van der Waals surface area contributed by atoms with Crippen LogP contribution in [0, 0.1) is 17.3 Å². The van der Waals surface area contributed by atoms with E-state index >= 15 is 0 Å². The molecule has 1 N–H and O–H groups in total. The van der Waals surface area contributed by atoms with Gasteiger partial charge in [-0.15, -0.1) is 0 Å². The highest BCUT2D eigenvalue weighted by atomic mass is 16.3. The van der Waals surface area contributed by atoms with Gasteiger partial charge >= 0.3 is 0 Å². The zero-order chi connectivity index (χ0) is 9.15. The van der Waals surface area contributed by atoms with Gasteiger partial charge in [0.05, 0.1) is 0 Å². The lowest BCUT2D eigenvalue weighted by molar-refractivity contribution is -0.134. The first-order chi connectivity index (χ1) is 5.41. The Hall–Kier alpha value is -0.370. The van der Waals surface area contributed by atoms with E-state index < -0.39 is 5.60 Å². The van der Waals surface area contributed by atoms with Crippen LogP contribution >= 0.6 is 0 Å². The van der Waals surface area contributed by atoms with Crippen molar-refractivity contribution in [2.75, 3.05) is 0 Å². The fourth-order valence-electron chi connectivity index (χ4n) is 2.79. The van der Waals surface area contributed by atoms with Gasteiger partial charge in [-0.05, 0) is 24.7 Å². The first kappa shape index (κ1) is 8.24. The van der Waals surface area contributed by atoms with Gasteiger partial charge in [0.1, 0.15) is 5.60 Å². The minimum Gasteiger partial charge on any atom is -0.382 e. The third kappa shape index (κ3) is 0.717. The maximum Gasteiger partial charge on any atom is 0.164 e. The van der Waals surface area contributed by atoms with Crippen molar-refractivity contribution in [1.82, 2.24) is 0 Å². The van der Waals surface area contributed by atoms with Crippen LogP contribution in [0.1, 0.15) is 33.6 Å². The second-order valence-electron chi connectivity index (χ2n) is 4.89. The number of carbonyl (C=O) groups is 1. The number of aliphatic hydroxyl groups is 1. The average Bonchev–Trinajstić information content (AvgIpc) is 2.59. The van der Waals surface area contributed by atoms with Crippen molar-refractivity contribution < 1.29 is 9.90 Å². The van der Waals surface area contributed by atoms with Gasteiger partial charge in [-0.1, -0.05) is 13.8 Å². The average molecular weight is 168 g/mol. The molecular weight excluding hydrogens is 152 g/mol. The third-order valence-electron chi connectivity index (χ3n) is 4.00. The van der Waals surface area contributed by atoms with Crippen LogP contribution in [0.2, 0.25) is 0 Å². The van der Waals surface area contributed by atoms with E-state index in [0.717, 1.165) is 6.42 Å². The second-order valence-corrected chi connectivity index (χ2v) is 4.89. The molecule has 0 heterocycles. The summed E-state index contributed by atoms with van der Waals surface area (Å²) in [6.07, 6.45) is 1.64. The lowest BCUT2D eigenvalue weighted by Crippen LogP contribution is -2.33. The molecule has 2 fully saturated rings. The quantitative estimate of drug-likeness (QED) is 0.642. The highest BCUT2D eigenvalue weighted by Crippen LogP contribution is 2.69. The Balaban J connectivity index is 2.28. The summed E-state index contributed by atoms with van der Waals surface area (Å²) >= 11 is 0. The van der Waals surface area contributed by atoms with Crippen LogP contribution in [0.25, 0.3) is 0 Å². The van der Waals surface area contributed by atoms with Crippen LogP contribution in [0.3, 0.4) is 0 Å². The van der Waals surface area contributed by atoms with Gasteiger partial charge in [-0.2, -0.15) is 0 Å². The molecule has 0 aromatic rings. The van der Waals surface area contributed by atoms with E-state index in [9.17, 15) is 9.90 Å². The molecule has 2 aliphatic rings. The van der Waals surface area contributed by atoms with Crippen LogP contribution in [0.4, 0.5) is 0 Å². The monoisotopic (exact) mass is 168 g/mol. The largest absolute Gasteiger partial charge is 0.382 e. The summed E-state index contributed by atoms with van der Waals surface area (Å²) < 4.78 is 0. The molecule has 68 valence electrons. The molecule has 2 rings (SSSR count). The lowest BCUT2D eigenvalue weighted by Gasteiger charge is -2.15. The molecule has 0 saturated heterocycles. The summed E-state index contributed by atoms with van der Waals surface area (Å²) in [6, 6.07) is 0. The van der Waals surface area contributed by atoms with Crippen LogP contribution < -0.4 is 0 Å². The van der Waals surface area contributed by atoms with E-state index in [1.807, 2.05) is 0 Å². The van der Waals surface area contributed by atoms with Gasteiger partial charge in [0.15, 0.2) is 5.78 Å². The first-order valence-electron chi connectivity index (χ1n) is 4.67. The molecule has 12 heavy (non-hydrogen) atoms. The van der Waals surface area contributed by atoms with Gasteiger partial charge in [0.25, 0.3) is 0 Å². The molecule has 3 atom stereocenters. The molecule has 2 aliphatic carbocycles. The summed E-state index contributed by atoms with van der Waals surface area (Å²) in [4.78, 5) is 11.4. The van der Waals surface area contributed by atoms with Gasteiger partial charge in [0.2, 0.25) is 0 Å². The summed E-state index contributed by atoms with van der Waals surface area (Å²) in [7, 11) is 0. The molecule has 0 amide bonds. The molecule has 0 spiro atoms. The van der Waals surface area contributed by atoms with Crippen LogP contribution in [0.5, 0.6) is 0 Å². The number of hydrogen-bond acceptors (Lipinski definition) is 2. The molecule has 2 nitrogen and oxygen atoms in total. The van der Waals surface area contributed by atoms with Crippen LogP contribution in [0.15, 0.2) is 0 Å². The topological polar surface area (TPSA) is 37.3 Å². The molecule has 0 bridgehead atoms. The van der Waals surface area contributed by atoms with Crippen molar-refractivity contribution in [3.8, 4) is 0 Å². The molecule has 2 heteroatoms. The third-order valence-corrected chi connectivity index (χ3v) is 4.00. The van der Waals surface area contributed by atoms with Crippen molar-refractivity contribution in [3.05, 3.63) is 0 Å².